The molecule has 3 aromatic rings. The Balaban J connectivity index is 1.64. The van der Waals surface area contributed by atoms with Crippen molar-refractivity contribution in [2.45, 2.75) is 13.8 Å². The Hall–Kier alpha value is -3.58. The van der Waals surface area contributed by atoms with E-state index in [1.54, 1.807) is 6.08 Å². The zero-order valence-electron chi connectivity index (χ0n) is 17.0. The van der Waals surface area contributed by atoms with Crippen LogP contribution in [0.1, 0.15) is 17.0 Å². The summed E-state index contributed by atoms with van der Waals surface area (Å²) in [4.78, 5) is 36.3. The lowest BCUT2D eigenvalue weighted by atomic mass is 10.1. The Morgan fingerprint density at radius 2 is 1.65 bits per heavy atom. The summed E-state index contributed by atoms with van der Waals surface area (Å²) in [5, 5.41) is 8.34. The Morgan fingerprint density at radius 1 is 1.00 bits per heavy atom. The number of aromatic nitrogens is 1. The van der Waals surface area contributed by atoms with Gasteiger partial charge in [0.05, 0.1) is 4.91 Å². The summed E-state index contributed by atoms with van der Waals surface area (Å²) in [6.45, 7) is 3.30. The molecule has 1 N–H and O–H groups in total. The molecule has 2 heterocycles. The maximum atomic E-state index is 12.4. The molecule has 2 amide bonds. The first-order valence-corrected chi connectivity index (χ1v) is 10.5. The van der Waals surface area contributed by atoms with Gasteiger partial charge in [0.15, 0.2) is 0 Å². The molecule has 0 atom stereocenters. The molecule has 0 radical (unpaired) electrons. The monoisotopic (exact) mass is 432 g/mol. The number of thioether (sulfide) groups is 1. The van der Waals surface area contributed by atoms with Crippen LogP contribution in [0.2, 0.25) is 0 Å². The molecule has 1 fully saturated rings. The molecule has 2 aromatic carbocycles. The van der Waals surface area contributed by atoms with E-state index in [1.165, 1.54) is 0 Å². The van der Waals surface area contributed by atoms with E-state index in [9.17, 15) is 14.4 Å². The third kappa shape index (κ3) is 4.04. The first-order valence-electron chi connectivity index (χ1n) is 9.67. The molecule has 1 aliphatic rings. The van der Waals surface area contributed by atoms with E-state index < -0.39 is 23.7 Å². The third-order valence-corrected chi connectivity index (χ3v) is 6.06. The van der Waals surface area contributed by atoms with E-state index in [0.29, 0.717) is 0 Å². The number of carbonyl (C=O) groups is 3. The second-order valence-electron chi connectivity index (χ2n) is 7.24. The van der Waals surface area contributed by atoms with Gasteiger partial charge in [-0.05, 0) is 66.6 Å². The second-order valence-corrected chi connectivity index (χ2v) is 8.23. The van der Waals surface area contributed by atoms with Crippen LogP contribution < -0.4 is 0 Å². The first kappa shape index (κ1) is 20.7. The predicted octanol–water partition coefficient (Wildman–Crippen LogP) is 4.88. The molecule has 0 saturated carbocycles. The van der Waals surface area contributed by atoms with Crippen LogP contribution in [0.4, 0.5) is 4.79 Å². The molecule has 1 saturated heterocycles. The van der Waals surface area contributed by atoms with Crippen molar-refractivity contribution in [3.8, 4) is 16.8 Å². The van der Waals surface area contributed by atoms with Gasteiger partial charge in [-0.15, -0.1) is 0 Å². The highest BCUT2D eigenvalue weighted by Gasteiger charge is 2.36. The molecule has 1 aromatic heterocycles. The van der Waals surface area contributed by atoms with Crippen molar-refractivity contribution in [2.24, 2.45) is 0 Å². The number of hydrogen-bond acceptors (Lipinski definition) is 4. The summed E-state index contributed by atoms with van der Waals surface area (Å²) < 4.78 is 2.09. The number of carboxylic acids is 1. The fourth-order valence-electron chi connectivity index (χ4n) is 3.68. The van der Waals surface area contributed by atoms with E-state index in [1.807, 2.05) is 50.2 Å². The number of aryl methyl sites for hydroxylation is 1. The summed E-state index contributed by atoms with van der Waals surface area (Å²) in [6, 6.07) is 20.3. The Bertz CT molecular complexity index is 1210. The topological polar surface area (TPSA) is 79.6 Å². The van der Waals surface area contributed by atoms with Gasteiger partial charge in [-0.3, -0.25) is 19.3 Å². The quantitative estimate of drug-likeness (QED) is 0.581. The third-order valence-electron chi connectivity index (χ3n) is 5.16. The molecule has 156 valence electrons. The first-order chi connectivity index (χ1) is 14.8. The van der Waals surface area contributed by atoms with E-state index in [4.69, 9.17) is 5.11 Å². The van der Waals surface area contributed by atoms with Crippen molar-refractivity contribution in [2.75, 3.05) is 6.54 Å². The molecule has 0 spiro atoms. The fourth-order valence-corrected chi connectivity index (χ4v) is 4.51. The molecule has 7 heteroatoms. The Morgan fingerprint density at radius 3 is 2.29 bits per heavy atom. The molecular weight excluding hydrogens is 412 g/mol. The maximum absolute atomic E-state index is 12.4. The lowest BCUT2D eigenvalue weighted by Crippen LogP contribution is -2.33. The van der Waals surface area contributed by atoms with Gasteiger partial charge in [0.2, 0.25) is 0 Å². The van der Waals surface area contributed by atoms with Gasteiger partial charge in [0.25, 0.3) is 11.1 Å². The van der Waals surface area contributed by atoms with Crippen LogP contribution in [0.5, 0.6) is 0 Å². The summed E-state index contributed by atoms with van der Waals surface area (Å²) >= 11 is 0.764. The number of benzene rings is 2. The number of aliphatic carboxylic acids is 1. The zero-order chi connectivity index (χ0) is 22.1. The van der Waals surface area contributed by atoms with Gasteiger partial charge in [0, 0.05) is 17.1 Å². The molecular formula is C24H20N2O4S. The van der Waals surface area contributed by atoms with Crippen LogP contribution in [-0.4, -0.2) is 38.2 Å². The van der Waals surface area contributed by atoms with Crippen LogP contribution in [0.15, 0.2) is 65.6 Å². The minimum Gasteiger partial charge on any atom is -0.480 e. The van der Waals surface area contributed by atoms with E-state index in [0.717, 1.165) is 50.4 Å². The molecule has 0 unspecified atom stereocenters. The number of nitrogens with zero attached hydrogens (tertiary/aromatic N) is 2. The number of hydrogen-bond donors (Lipinski definition) is 1. The average molecular weight is 433 g/mol. The van der Waals surface area contributed by atoms with Crippen molar-refractivity contribution in [1.29, 1.82) is 0 Å². The Labute approximate surface area is 183 Å². The van der Waals surface area contributed by atoms with Gasteiger partial charge in [0.1, 0.15) is 6.54 Å². The highest BCUT2D eigenvalue weighted by Crippen LogP contribution is 2.33. The fraction of sp³-hybridized carbons (Fsp3) is 0.125. The van der Waals surface area contributed by atoms with Crippen LogP contribution >= 0.6 is 11.8 Å². The van der Waals surface area contributed by atoms with Gasteiger partial charge < -0.3 is 9.67 Å². The highest BCUT2D eigenvalue weighted by atomic mass is 32.2. The molecule has 0 aliphatic carbocycles. The number of carboxylic acid groups (broad SMARTS) is 1. The SMILES string of the molecule is Cc1cc(/C=C2\SC(=O)N(CC(=O)O)C2=O)c(C)n1-c1ccc(-c2ccccc2)cc1. The normalized spacial score (nSPS) is 15.2. The van der Waals surface area contributed by atoms with Gasteiger partial charge in [-0.1, -0.05) is 42.5 Å². The Kier molecular flexibility index (Phi) is 5.52. The predicted molar refractivity (Wildman–Crippen MR) is 121 cm³/mol. The lowest BCUT2D eigenvalue weighted by molar-refractivity contribution is -0.140. The van der Waals surface area contributed by atoms with Gasteiger partial charge in [-0.2, -0.15) is 0 Å². The van der Waals surface area contributed by atoms with E-state index in [2.05, 4.69) is 28.8 Å². The van der Waals surface area contributed by atoms with E-state index in [-0.39, 0.29) is 4.91 Å². The summed E-state index contributed by atoms with van der Waals surface area (Å²) in [5.74, 6) is -1.80. The lowest BCUT2D eigenvalue weighted by Gasteiger charge is -2.11. The standard InChI is InChI=1S/C24H20N2O4S/c1-15-12-19(13-21-23(29)25(14-22(27)28)24(30)31-21)16(2)26(15)20-10-8-18(9-11-20)17-6-4-3-5-7-17/h3-13H,14H2,1-2H3,(H,27,28)/b21-13-. The van der Waals surface area contributed by atoms with Crippen molar-refractivity contribution in [3.05, 3.63) is 82.5 Å². The minimum atomic E-state index is -1.22. The van der Waals surface area contributed by atoms with Gasteiger partial charge in [-0.25, -0.2) is 0 Å². The smallest absolute Gasteiger partial charge is 0.323 e. The molecule has 6 nitrogen and oxygen atoms in total. The highest BCUT2D eigenvalue weighted by molar-refractivity contribution is 8.18. The van der Waals surface area contributed by atoms with Crippen LogP contribution in [0.25, 0.3) is 22.9 Å². The molecule has 1 aliphatic heterocycles. The zero-order valence-corrected chi connectivity index (χ0v) is 17.8. The summed E-state index contributed by atoms with van der Waals surface area (Å²) in [6.07, 6.45) is 1.66. The van der Waals surface area contributed by atoms with Crippen molar-refractivity contribution >= 4 is 35.0 Å². The van der Waals surface area contributed by atoms with Crippen LogP contribution in [-0.2, 0) is 9.59 Å². The van der Waals surface area contributed by atoms with Crippen LogP contribution in [0.3, 0.4) is 0 Å². The van der Waals surface area contributed by atoms with Crippen LogP contribution in [0, 0.1) is 13.8 Å². The molecule has 4 rings (SSSR count). The summed E-state index contributed by atoms with van der Waals surface area (Å²) in [7, 11) is 0. The maximum Gasteiger partial charge on any atom is 0.323 e. The van der Waals surface area contributed by atoms with Gasteiger partial charge >= 0.3 is 5.97 Å². The van der Waals surface area contributed by atoms with Crippen molar-refractivity contribution in [1.82, 2.24) is 9.47 Å². The van der Waals surface area contributed by atoms with Crippen molar-refractivity contribution in [3.63, 3.8) is 0 Å². The average Bonchev–Trinajstić information content (AvgIpc) is 3.18. The summed E-state index contributed by atoms with van der Waals surface area (Å²) in [5.41, 5.74) is 5.99. The largest absolute Gasteiger partial charge is 0.480 e. The number of carbonyl (C=O) groups excluding carboxylic acids is 2. The van der Waals surface area contributed by atoms with Crippen molar-refractivity contribution < 1.29 is 19.5 Å². The number of amides is 2. The number of rotatable bonds is 5. The molecule has 0 bridgehead atoms. The number of imide groups is 1. The minimum absolute atomic E-state index is 0.228. The molecule has 31 heavy (non-hydrogen) atoms. The van der Waals surface area contributed by atoms with E-state index >= 15 is 0 Å². The second kappa shape index (κ2) is 8.28.